The highest BCUT2D eigenvalue weighted by Crippen LogP contribution is 2.34. The summed E-state index contributed by atoms with van der Waals surface area (Å²) in [4.78, 5) is 11.5. The Morgan fingerprint density at radius 1 is 1.00 bits per heavy atom. The van der Waals surface area contributed by atoms with Gasteiger partial charge in [-0.15, -0.1) is 0 Å². The summed E-state index contributed by atoms with van der Waals surface area (Å²) in [6.45, 7) is 6.89. The van der Waals surface area contributed by atoms with Crippen LogP contribution in [0.5, 0.6) is 0 Å². The zero-order valence-corrected chi connectivity index (χ0v) is 19.1. The lowest BCUT2D eigenvalue weighted by atomic mass is 10.0. The van der Waals surface area contributed by atoms with E-state index >= 15 is 0 Å². The summed E-state index contributed by atoms with van der Waals surface area (Å²) in [6.07, 6.45) is 5.55. The predicted octanol–water partition coefficient (Wildman–Crippen LogP) is 6.54. The third-order valence-corrected chi connectivity index (χ3v) is 5.74. The molecule has 0 saturated heterocycles. The number of aromatic nitrogens is 2. The van der Waals surface area contributed by atoms with Gasteiger partial charge in [-0.2, -0.15) is 0 Å². The summed E-state index contributed by atoms with van der Waals surface area (Å²) >= 11 is 12.8. The van der Waals surface area contributed by atoms with E-state index in [9.17, 15) is 5.11 Å². The normalized spacial score (nSPS) is 12.6. The molecule has 0 aliphatic heterocycles. The van der Waals surface area contributed by atoms with Crippen LogP contribution in [0.4, 0.5) is 0 Å². The third-order valence-electron chi connectivity index (χ3n) is 5.24. The molecule has 0 saturated carbocycles. The number of hydrogen-bond acceptors (Lipinski definition) is 4. The maximum atomic E-state index is 11.3. The van der Waals surface area contributed by atoms with Gasteiger partial charge in [0.1, 0.15) is 0 Å². The Hall–Kier alpha value is -1.72. The SMILES string of the molecule is CCCCN(CCCC)CC(O)c1cc(-c2ccccn2)nc2c(Cl)cc(Cl)cc12. The lowest BCUT2D eigenvalue weighted by Crippen LogP contribution is -2.31. The number of rotatable bonds is 10. The number of nitrogens with zero attached hydrogens (tertiary/aromatic N) is 3. The van der Waals surface area contributed by atoms with E-state index in [-0.39, 0.29) is 0 Å². The average molecular weight is 446 g/mol. The van der Waals surface area contributed by atoms with Crippen molar-refractivity contribution in [1.29, 1.82) is 0 Å². The Bertz CT molecular complexity index is 958. The van der Waals surface area contributed by atoms with Crippen LogP contribution in [0.25, 0.3) is 22.3 Å². The number of aliphatic hydroxyl groups is 1. The zero-order valence-electron chi connectivity index (χ0n) is 17.6. The van der Waals surface area contributed by atoms with Crippen LogP contribution in [0, 0.1) is 0 Å². The van der Waals surface area contributed by atoms with E-state index in [4.69, 9.17) is 28.2 Å². The minimum atomic E-state index is -0.679. The largest absolute Gasteiger partial charge is 0.387 e. The van der Waals surface area contributed by atoms with Gasteiger partial charge >= 0.3 is 0 Å². The fraction of sp³-hybridized carbons (Fsp3) is 0.417. The van der Waals surface area contributed by atoms with Crippen LogP contribution in [0.15, 0.2) is 42.6 Å². The molecule has 30 heavy (non-hydrogen) atoms. The maximum absolute atomic E-state index is 11.3. The van der Waals surface area contributed by atoms with Crippen molar-refractivity contribution in [2.45, 2.75) is 45.6 Å². The highest BCUT2D eigenvalue weighted by molar-refractivity contribution is 6.38. The summed E-state index contributed by atoms with van der Waals surface area (Å²) < 4.78 is 0. The highest BCUT2D eigenvalue weighted by atomic mass is 35.5. The van der Waals surface area contributed by atoms with Gasteiger partial charge in [-0.3, -0.25) is 4.98 Å². The van der Waals surface area contributed by atoms with Crippen molar-refractivity contribution in [1.82, 2.24) is 14.9 Å². The molecule has 1 aromatic carbocycles. The molecular formula is C24H29Cl2N3O. The molecule has 2 aromatic heterocycles. The topological polar surface area (TPSA) is 49.2 Å². The van der Waals surface area contributed by atoms with Gasteiger partial charge in [0.2, 0.25) is 0 Å². The molecule has 1 N–H and O–H groups in total. The van der Waals surface area contributed by atoms with Gasteiger partial charge in [0.15, 0.2) is 0 Å². The second-order valence-corrected chi connectivity index (χ2v) is 8.46. The summed E-state index contributed by atoms with van der Waals surface area (Å²) in [7, 11) is 0. The molecule has 1 unspecified atom stereocenters. The highest BCUT2D eigenvalue weighted by Gasteiger charge is 2.20. The molecule has 0 bridgehead atoms. The van der Waals surface area contributed by atoms with Crippen LogP contribution in [0.3, 0.4) is 0 Å². The van der Waals surface area contributed by atoms with Gasteiger partial charge in [0.25, 0.3) is 0 Å². The first-order valence-electron chi connectivity index (χ1n) is 10.6. The number of fused-ring (bicyclic) bond motifs is 1. The zero-order chi connectivity index (χ0) is 21.5. The van der Waals surface area contributed by atoms with Crippen molar-refractivity contribution in [3.05, 3.63) is 58.2 Å². The van der Waals surface area contributed by atoms with Crippen molar-refractivity contribution in [2.24, 2.45) is 0 Å². The molecule has 6 heteroatoms. The molecule has 0 aliphatic rings. The fourth-order valence-electron chi connectivity index (χ4n) is 3.60. The first kappa shape index (κ1) is 23.0. The molecule has 3 aromatic rings. The smallest absolute Gasteiger partial charge is 0.0924 e. The van der Waals surface area contributed by atoms with E-state index in [1.807, 2.05) is 30.3 Å². The first-order valence-corrected chi connectivity index (χ1v) is 11.4. The minimum absolute atomic E-state index is 0.470. The molecule has 0 amide bonds. The van der Waals surface area contributed by atoms with Gasteiger partial charge in [0, 0.05) is 23.2 Å². The second kappa shape index (κ2) is 11.1. The first-order chi connectivity index (χ1) is 14.5. The van der Waals surface area contributed by atoms with E-state index in [1.54, 1.807) is 12.3 Å². The van der Waals surface area contributed by atoms with Crippen LogP contribution in [0.1, 0.15) is 51.2 Å². The van der Waals surface area contributed by atoms with Crippen molar-refractivity contribution in [2.75, 3.05) is 19.6 Å². The summed E-state index contributed by atoms with van der Waals surface area (Å²) in [5, 5.41) is 13.0. The lowest BCUT2D eigenvalue weighted by Gasteiger charge is -2.26. The molecule has 2 heterocycles. The number of hydrogen-bond donors (Lipinski definition) is 1. The van der Waals surface area contributed by atoms with E-state index in [2.05, 4.69) is 23.7 Å². The predicted molar refractivity (Wildman–Crippen MR) is 126 cm³/mol. The number of halogens is 2. The molecule has 3 rings (SSSR count). The van der Waals surface area contributed by atoms with Crippen LogP contribution in [-0.4, -0.2) is 39.6 Å². The van der Waals surface area contributed by atoms with E-state index in [0.29, 0.717) is 27.8 Å². The fourth-order valence-corrected chi connectivity index (χ4v) is 4.14. The number of aliphatic hydroxyl groups excluding tert-OH is 1. The summed E-state index contributed by atoms with van der Waals surface area (Å²) in [5.74, 6) is 0. The maximum Gasteiger partial charge on any atom is 0.0924 e. The van der Waals surface area contributed by atoms with Crippen LogP contribution in [0.2, 0.25) is 10.0 Å². The van der Waals surface area contributed by atoms with Crippen molar-refractivity contribution < 1.29 is 5.11 Å². The van der Waals surface area contributed by atoms with Gasteiger partial charge in [-0.05, 0) is 61.8 Å². The Kier molecular flexibility index (Phi) is 8.46. The summed E-state index contributed by atoms with van der Waals surface area (Å²) in [5.41, 5.74) is 2.85. The summed E-state index contributed by atoms with van der Waals surface area (Å²) in [6, 6.07) is 11.1. The standard InChI is InChI=1S/C24H29Cl2N3O/c1-3-5-11-29(12-6-4-2)16-23(30)18-15-22(21-9-7-8-10-27-21)28-24-19(18)13-17(25)14-20(24)26/h7-10,13-15,23,30H,3-6,11-12,16H2,1-2H3. The molecular weight excluding hydrogens is 417 g/mol. The lowest BCUT2D eigenvalue weighted by molar-refractivity contribution is 0.112. The molecule has 0 radical (unpaired) electrons. The monoisotopic (exact) mass is 445 g/mol. The Morgan fingerprint density at radius 2 is 1.73 bits per heavy atom. The molecule has 1 atom stereocenters. The number of benzene rings is 1. The Morgan fingerprint density at radius 3 is 2.37 bits per heavy atom. The third kappa shape index (κ3) is 5.70. The van der Waals surface area contributed by atoms with Crippen molar-refractivity contribution >= 4 is 34.1 Å². The minimum Gasteiger partial charge on any atom is -0.387 e. The van der Waals surface area contributed by atoms with Crippen molar-refractivity contribution in [3.8, 4) is 11.4 Å². The van der Waals surface area contributed by atoms with Gasteiger partial charge < -0.3 is 10.0 Å². The molecule has 0 spiro atoms. The quantitative estimate of drug-likeness (QED) is 0.384. The number of unbranched alkanes of at least 4 members (excludes halogenated alkanes) is 2. The van der Waals surface area contributed by atoms with E-state index < -0.39 is 6.10 Å². The number of pyridine rings is 2. The van der Waals surface area contributed by atoms with Crippen molar-refractivity contribution in [3.63, 3.8) is 0 Å². The van der Waals surface area contributed by atoms with Crippen LogP contribution in [-0.2, 0) is 0 Å². The Labute approximate surface area is 188 Å². The average Bonchev–Trinajstić information content (AvgIpc) is 2.75. The molecule has 0 fully saturated rings. The van der Waals surface area contributed by atoms with Gasteiger partial charge in [0.05, 0.1) is 28.0 Å². The van der Waals surface area contributed by atoms with E-state index in [0.717, 1.165) is 55.4 Å². The van der Waals surface area contributed by atoms with E-state index in [1.165, 1.54) is 0 Å². The second-order valence-electron chi connectivity index (χ2n) is 7.62. The van der Waals surface area contributed by atoms with Gasteiger partial charge in [-0.1, -0.05) is 56.0 Å². The van der Waals surface area contributed by atoms with Gasteiger partial charge in [-0.25, -0.2) is 4.98 Å². The molecule has 4 nitrogen and oxygen atoms in total. The van der Waals surface area contributed by atoms with Crippen LogP contribution < -0.4 is 0 Å². The molecule has 0 aliphatic carbocycles. The van der Waals surface area contributed by atoms with Crippen LogP contribution >= 0.6 is 23.2 Å². The Balaban J connectivity index is 2.03. The molecule has 160 valence electrons.